The molecule has 0 N–H and O–H groups in total. The van der Waals surface area contributed by atoms with Gasteiger partial charge in [-0.3, -0.25) is 0 Å². The lowest BCUT2D eigenvalue weighted by atomic mass is 9.77. The molecule has 29 heavy (non-hydrogen) atoms. The minimum Gasteiger partial charge on any atom is -0.204 e. The normalized spacial score (nSPS) is 19.2. The van der Waals surface area contributed by atoms with E-state index in [1.54, 1.807) is 0 Å². The zero-order valence-corrected chi connectivity index (χ0v) is 16.2. The second-order valence-electron chi connectivity index (χ2n) is 7.87. The first-order valence-corrected chi connectivity index (χ1v) is 10.2. The Hall–Kier alpha value is -2.17. The summed E-state index contributed by atoms with van der Waals surface area (Å²) in [5.74, 6) is -2.70. The fourth-order valence-corrected chi connectivity index (χ4v) is 4.24. The van der Waals surface area contributed by atoms with E-state index in [0.29, 0.717) is 29.4 Å². The number of unbranched alkanes of at least 4 members (excludes halogenated alkanes) is 2. The van der Waals surface area contributed by atoms with E-state index in [4.69, 9.17) is 0 Å². The quantitative estimate of drug-likeness (QED) is 0.245. The Morgan fingerprint density at radius 2 is 1.45 bits per heavy atom. The summed E-state index contributed by atoms with van der Waals surface area (Å²) in [6.45, 7) is 0. The lowest BCUT2D eigenvalue weighted by Crippen LogP contribution is -2.13. The summed E-state index contributed by atoms with van der Waals surface area (Å²) in [7, 11) is 0. The summed E-state index contributed by atoms with van der Waals surface area (Å²) >= 11 is 0. The highest BCUT2D eigenvalue weighted by Crippen LogP contribution is 2.38. The molecule has 0 nitrogen and oxygen atoms in total. The van der Waals surface area contributed by atoms with Crippen molar-refractivity contribution >= 4 is 0 Å². The summed E-state index contributed by atoms with van der Waals surface area (Å²) in [5, 5.41) is 0. The average molecular weight is 408 g/mol. The topological polar surface area (TPSA) is 0 Å². The number of hydrogen-bond acceptors (Lipinski definition) is 0. The van der Waals surface area contributed by atoms with Crippen LogP contribution in [0, 0.1) is 23.4 Å². The summed E-state index contributed by atoms with van der Waals surface area (Å²) in [6, 6.07) is 9.64. The summed E-state index contributed by atoms with van der Waals surface area (Å²) in [4.78, 5) is 0. The smallest absolute Gasteiger partial charge is 0.204 e. The summed E-state index contributed by atoms with van der Waals surface area (Å²) in [5.41, 5.74) is 2.18. The molecule has 0 radical (unpaired) electrons. The molecule has 0 aliphatic heterocycles. The van der Waals surface area contributed by atoms with E-state index in [1.807, 2.05) is 24.3 Å². The van der Waals surface area contributed by atoms with Crippen molar-refractivity contribution in [1.29, 1.82) is 0 Å². The van der Waals surface area contributed by atoms with Gasteiger partial charge in [0.25, 0.3) is 6.08 Å². The van der Waals surface area contributed by atoms with Gasteiger partial charge in [0.05, 0.1) is 0 Å². The van der Waals surface area contributed by atoms with Crippen LogP contribution >= 0.6 is 0 Å². The van der Waals surface area contributed by atoms with Gasteiger partial charge in [-0.25, -0.2) is 13.2 Å². The summed E-state index contributed by atoms with van der Waals surface area (Å²) < 4.78 is 64.0. The third-order valence-electron chi connectivity index (χ3n) is 5.91. The van der Waals surface area contributed by atoms with E-state index in [2.05, 4.69) is 0 Å². The van der Waals surface area contributed by atoms with Gasteiger partial charge >= 0.3 is 0 Å². The van der Waals surface area contributed by atoms with Crippen LogP contribution in [0.1, 0.15) is 62.8 Å². The minimum absolute atomic E-state index is 0.319. The molecule has 0 bridgehead atoms. The highest BCUT2D eigenvalue weighted by molar-refractivity contribution is 5.64. The molecule has 1 saturated carbocycles. The van der Waals surface area contributed by atoms with Crippen LogP contribution < -0.4 is 0 Å². The number of rotatable bonds is 7. The second-order valence-corrected chi connectivity index (χ2v) is 7.87. The first kappa shape index (κ1) is 21.5. The molecule has 5 heteroatoms. The molecule has 0 spiro atoms. The Bertz CT molecular complexity index is 806. The Morgan fingerprint density at radius 3 is 2.03 bits per heavy atom. The summed E-state index contributed by atoms with van der Waals surface area (Å²) in [6.07, 6.45) is 7.18. The molecule has 1 aliphatic carbocycles. The maximum Gasteiger partial charge on any atom is 0.266 e. The molecule has 0 aromatic heterocycles. The standard InChI is InChI=1S/C24H25F5/c25-21-14-20(15-22(26)24(21)29)19-12-10-18(11-13-19)17-8-6-16(7-9-17)4-2-1-3-5-23(27)28/h5,10-17H,1-4,6-9H2/t16-,17-. The van der Waals surface area contributed by atoms with E-state index in [9.17, 15) is 22.0 Å². The number of benzene rings is 2. The highest BCUT2D eigenvalue weighted by atomic mass is 19.3. The minimum atomic E-state index is -1.59. The van der Waals surface area contributed by atoms with Crippen molar-refractivity contribution < 1.29 is 22.0 Å². The van der Waals surface area contributed by atoms with Crippen molar-refractivity contribution in [3.8, 4) is 11.1 Å². The first-order chi connectivity index (χ1) is 13.9. The van der Waals surface area contributed by atoms with Crippen LogP contribution in [0.15, 0.2) is 48.6 Å². The van der Waals surface area contributed by atoms with Crippen LogP contribution in [-0.2, 0) is 0 Å². The van der Waals surface area contributed by atoms with Gasteiger partial charge in [0, 0.05) is 0 Å². The van der Waals surface area contributed by atoms with Crippen LogP contribution in [0.5, 0.6) is 0 Å². The predicted molar refractivity (Wildman–Crippen MR) is 105 cm³/mol. The Kier molecular flexibility index (Phi) is 7.45. The molecule has 0 unspecified atom stereocenters. The molecule has 2 aromatic carbocycles. The largest absolute Gasteiger partial charge is 0.266 e. The van der Waals surface area contributed by atoms with Gasteiger partial charge in [0.1, 0.15) is 0 Å². The molecule has 0 atom stereocenters. The first-order valence-electron chi connectivity index (χ1n) is 10.2. The molecule has 156 valence electrons. The number of hydrogen-bond donors (Lipinski definition) is 0. The van der Waals surface area contributed by atoms with Gasteiger partial charge in [0.2, 0.25) is 0 Å². The molecule has 0 amide bonds. The molecule has 0 heterocycles. The molecule has 1 aliphatic rings. The Labute approximate surface area is 168 Å². The van der Waals surface area contributed by atoms with E-state index in [0.717, 1.165) is 63.2 Å². The van der Waals surface area contributed by atoms with Crippen LogP contribution in [0.4, 0.5) is 22.0 Å². The molecule has 2 aromatic rings. The third-order valence-corrected chi connectivity index (χ3v) is 5.91. The monoisotopic (exact) mass is 408 g/mol. The van der Waals surface area contributed by atoms with Crippen molar-refractivity contribution in [2.45, 2.75) is 57.3 Å². The molecule has 1 fully saturated rings. The SMILES string of the molecule is FC(F)=CCCCC[C@H]1CC[C@H](c2ccc(-c3cc(F)c(F)c(F)c3)cc2)CC1. The fraction of sp³-hybridized carbons (Fsp3) is 0.417. The van der Waals surface area contributed by atoms with Crippen molar-refractivity contribution in [3.05, 3.63) is 71.6 Å². The third kappa shape index (κ3) is 5.91. The van der Waals surface area contributed by atoms with Gasteiger partial charge in [-0.2, -0.15) is 8.78 Å². The maximum absolute atomic E-state index is 13.4. The number of halogens is 5. The molecular weight excluding hydrogens is 383 g/mol. The van der Waals surface area contributed by atoms with Crippen LogP contribution in [-0.4, -0.2) is 0 Å². The maximum atomic E-state index is 13.4. The van der Waals surface area contributed by atoms with Crippen LogP contribution in [0.3, 0.4) is 0 Å². The highest BCUT2D eigenvalue weighted by Gasteiger charge is 2.22. The molecule has 3 rings (SSSR count). The van der Waals surface area contributed by atoms with Gasteiger partial charge in [-0.05, 0) is 85.3 Å². The lowest BCUT2D eigenvalue weighted by molar-refractivity contribution is 0.303. The van der Waals surface area contributed by atoms with Crippen molar-refractivity contribution in [2.24, 2.45) is 5.92 Å². The van der Waals surface area contributed by atoms with Crippen molar-refractivity contribution in [1.82, 2.24) is 0 Å². The average Bonchev–Trinajstić information content (AvgIpc) is 2.72. The van der Waals surface area contributed by atoms with Gasteiger partial charge in [-0.15, -0.1) is 0 Å². The molecule has 0 saturated heterocycles. The van der Waals surface area contributed by atoms with Crippen molar-refractivity contribution in [3.63, 3.8) is 0 Å². The second kappa shape index (κ2) is 10.0. The van der Waals surface area contributed by atoms with E-state index in [1.165, 1.54) is 5.56 Å². The van der Waals surface area contributed by atoms with E-state index < -0.39 is 23.5 Å². The lowest BCUT2D eigenvalue weighted by Gasteiger charge is -2.29. The fourth-order valence-electron chi connectivity index (χ4n) is 4.24. The Morgan fingerprint density at radius 1 is 0.828 bits per heavy atom. The van der Waals surface area contributed by atoms with Gasteiger partial charge < -0.3 is 0 Å². The zero-order chi connectivity index (χ0) is 20.8. The van der Waals surface area contributed by atoms with Crippen LogP contribution in [0.2, 0.25) is 0 Å². The Balaban J connectivity index is 1.51. The number of allylic oxidation sites excluding steroid dienone is 1. The predicted octanol–water partition coefficient (Wildman–Crippen LogP) is 8.39. The van der Waals surface area contributed by atoms with Crippen LogP contribution in [0.25, 0.3) is 11.1 Å². The van der Waals surface area contributed by atoms with Gasteiger partial charge in [-0.1, -0.05) is 37.1 Å². The van der Waals surface area contributed by atoms with Crippen molar-refractivity contribution in [2.75, 3.05) is 0 Å². The van der Waals surface area contributed by atoms with Gasteiger partial charge in [0.15, 0.2) is 17.5 Å². The zero-order valence-electron chi connectivity index (χ0n) is 16.2. The van der Waals surface area contributed by atoms with E-state index in [-0.39, 0.29) is 0 Å². The molecular formula is C24H25F5. The van der Waals surface area contributed by atoms with E-state index >= 15 is 0 Å².